The van der Waals surface area contributed by atoms with E-state index in [1.807, 2.05) is 12.1 Å². The van der Waals surface area contributed by atoms with Crippen LogP contribution < -0.4 is 5.32 Å². The Labute approximate surface area is 146 Å². The molecular formula is C20H31N3O. The lowest BCUT2D eigenvalue weighted by Gasteiger charge is -2.36. The minimum Gasteiger partial charge on any atom is -0.352 e. The molecule has 0 bridgehead atoms. The first-order valence-corrected chi connectivity index (χ1v) is 9.70. The van der Waals surface area contributed by atoms with E-state index in [0.717, 1.165) is 25.3 Å². The first kappa shape index (κ1) is 17.4. The monoisotopic (exact) mass is 329 g/mol. The zero-order valence-corrected chi connectivity index (χ0v) is 14.8. The van der Waals surface area contributed by atoms with E-state index >= 15 is 0 Å². The Bertz CT molecular complexity index is 499. The molecule has 4 nitrogen and oxygen atoms in total. The number of hydrogen-bond acceptors (Lipinski definition) is 3. The van der Waals surface area contributed by atoms with Gasteiger partial charge < -0.3 is 10.2 Å². The maximum absolute atomic E-state index is 12.2. The molecule has 4 heteroatoms. The standard InChI is InChI=1S/C20H31N3O/c24-20(9-8-17-10-12-21-13-11-17)22-19-7-4-14-23(16-19)15-18-5-2-1-3-6-18/h10-13,18-19H,1-9,14-16H2,(H,22,24). The van der Waals surface area contributed by atoms with Gasteiger partial charge in [-0.15, -0.1) is 0 Å². The zero-order chi connectivity index (χ0) is 16.6. The van der Waals surface area contributed by atoms with Crippen molar-refractivity contribution < 1.29 is 4.79 Å². The van der Waals surface area contributed by atoms with E-state index in [1.54, 1.807) is 12.4 Å². The predicted molar refractivity (Wildman–Crippen MR) is 96.7 cm³/mol. The Balaban J connectivity index is 1.38. The Hall–Kier alpha value is -1.42. The molecule has 3 rings (SSSR count). The number of nitrogens with one attached hydrogen (secondary N) is 1. The molecule has 1 atom stereocenters. The van der Waals surface area contributed by atoms with Gasteiger partial charge in [0.15, 0.2) is 0 Å². The molecular weight excluding hydrogens is 298 g/mol. The van der Waals surface area contributed by atoms with Gasteiger partial charge in [0, 0.05) is 37.9 Å². The predicted octanol–water partition coefficient (Wildman–Crippen LogP) is 3.18. The lowest BCUT2D eigenvalue weighted by atomic mass is 9.88. The first-order valence-electron chi connectivity index (χ1n) is 9.70. The van der Waals surface area contributed by atoms with Crippen LogP contribution in [0.4, 0.5) is 0 Å². The minimum absolute atomic E-state index is 0.191. The number of amides is 1. The van der Waals surface area contributed by atoms with Gasteiger partial charge in [0.05, 0.1) is 0 Å². The molecule has 24 heavy (non-hydrogen) atoms. The molecule has 0 aromatic carbocycles. The summed E-state index contributed by atoms with van der Waals surface area (Å²) < 4.78 is 0. The Morgan fingerprint density at radius 2 is 1.92 bits per heavy atom. The van der Waals surface area contributed by atoms with E-state index < -0.39 is 0 Å². The van der Waals surface area contributed by atoms with Crippen molar-refractivity contribution in [2.75, 3.05) is 19.6 Å². The van der Waals surface area contributed by atoms with Crippen LogP contribution in [0.1, 0.15) is 56.9 Å². The molecule has 1 amide bonds. The van der Waals surface area contributed by atoms with E-state index in [-0.39, 0.29) is 5.91 Å². The molecule has 1 aliphatic heterocycles. The molecule has 1 saturated heterocycles. The summed E-state index contributed by atoms with van der Waals surface area (Å²) in [6.45, 7) is 3.49. The highest BCUT2D eigenvalue weighted by Gasteiger charge is 2.24. The number of pyridine rings is 1. The summed E-state index contributed by atoms with van der Waals surface area (Å²) in [5, 5.41) is 3.26. The van der Waals surface area contributed by atoms with Crippen molar-refractivity contribution in [1.82, 2.24) is 15.2 Å². The van der Waals surface area contributed by atoms with Crippen LogP contribution in [-0.4, -0.2) is 41.5 Å². The number of likely N-dealkylation sites (tertiary alicyclic amines) is 1. The van der Waals surface area contributed by atoms with Gasteiger partial charge in [-0.25, -0.2) is 0 Å². The van der Waals surface area contributed by atoms with Gasteiger partial charge >= 0.3 is 0 Å². The van der Waals surface area contributed by atoms with Crippen molar-refractivity contribution in [3.05, 3.63) is 30.1 Å². The average molecular weight is 329 g/mol. The maximum Gasteiger partial charge on any atom is 0.220 e. The topological polar surface area (TPSA) is 45.2 Å². The summed E-state index contributed by atoms with van der Waals surface area (Å²) in [5.74, 6) is 1.08. The molecule has 1 aromatic rings. The van der Waals surface area contributed by atoms with Crippen molar-refractivity contribution in [2.45, 2.75) is 63.8 Å². The number of carbonyl (C=O) groups is 1. The van der Waals surface area contributed by atoms with Crippen LogP contribution in [0.5, 0.6) is 0 Å². The molecule has 1 N–H and O–H groups in total. The van der Waals surface area contributed by atoms with Crippen LogP contribution in [-0.2, 0) is 11.2 Å². The summed E-state index contributed by atoms with van der Waals surface area (Å²) in [7, 11) is 0. The lowest BCUT2D eigenvalue weighted by Crippen LogP contribution is -2.49. The molecule has 1 aromatic heterocycles. The molecule has 1 saturated carbocycles. The molecule has 1 aliphatic carbocycles. The maximum atomic E-state index is 12.2. The number of carbonyl (C=O) groups excluding carboxylic acids is 1. The smallest absolute Gasteiger partial charge is 0.220 e. The summed E-state index contributed by atoms with van der Waals surface area (Å²) >= 11 is 0. The molecule has 1 unspecified atom stereocenters. The van der Waals surface area contributed by atoms with Crippen LogP contribution in [0.2, 0.25) is 0 Å². The third-order valence-electron chi connectivity index (χ3n) is 5.50. The van der Waals surface area contributed by atoms with Crippen molar-refractivity contribution in [1.29, 1.82) is 0 Å². The summed E-state index contributed by atoms with van der Waals surface area (Å²) in [4.78, 5) is 18.8. The Morgan fingerprint density at radius 3 is 2.71 bits per heavy atom. The Morgan fingerprint density at radius 1 is 1.12 bits per heavy atom. The highest BCUT2D eigenvalue weighted by atomic mass is 16.1. The quantitative estimate of drug-likeness (QED) is 0.872. The van der Waals surface area contributed by atoms with Crippen LogP contribution in [0.3, 0.4) is 0 Å². The third kappa shape index (κ3) is 5.59. The zero-order valence-electron chi connectivity index (χ0n) is 14.8. The summed E-state index contributed by atoms with van der Waals surface area (Å²) in [5.41, 5.74) is 1.18. The second-order valence-electron chi connectivity index (χ2n) is 7.53. The Kier molecular flexibility index (Phi) is 6.65. The number of hydrogen-bond donors (Lipinski definition) is 1. The van der Waals surface area contributed by atoms with Crippen molar-refractivity contribution in [3.63, 3.8) is 0 Å². The van der Waals surface area contributed by atoms with Gasteiger partial charge in [0.2, 0.25) is 5.91 Å². The van der Waals surface area contributed by atoms with Crippen molar-refractivity contribution in [2.24, 2.45) is 5.92 Å². The molecule has 2 fully saturated rings. The van der Waals surface area contributed by atoms with Crippen LogP contribution in [0.25, 0.3) is 0 Å². The van der Waals surface area contributed by atoms with Crippen molar-refractivity contribution in [3.8, 4) is 0 Å². The SMILES string of the molecule is O=C(CCc1ccncc1)NC1CCCN(CC2CCCCC2)C1. The van der Waals surface area contributed by atoms with Gasteiger partial charge in [0.1, 0.15) is 0 Å². The van der Waals surface area contributed by atoms with E-state index in [0.29, 0.717) is 12.5 Å². The third-order valence-corrected chi connectivity index (χ3v) is 5.50. The second-order valence-corrected chi connectivity index (χ2v) is 7.53. The number of aromatic nitrogens is 1. The van der Waals surface area contributed by atoms with E-state index in [9.17, 15) is 4.79 Å². The molecule has 0 spiro atoms. The minimum atomic E-state index is 0.191. The molecule has 0 radical (unpaired) electrons. The average Bonchev–Trinajstić information content (AvgIpc) is 2.62. The molecule has 132 valence electrons. The highest BCUT2D eigenvalue weighted by Crippen LogP contribution is 2.25. The number of piperidine rings is 1. The van der Waals surface area contributed by atoms with Crippen LogP contribution in [0, 0.1) is 5.92 Å². The van der Waals surface area contributed by atoms with E-state index in [1.165, 1.54) is 57.2 Å². The number of nitrogens with zero attached hydrogens (tertiary/aromatic N) is 2. The van der Waals surface area contributed by atoms with Gasteiger partial charge in [-0.2, -0.15) is 0 Å². The highest BCUT2D eigenvalue weighted by molar-refractivity contribution is 5.76. The van der Waals surface area contributed by atoms with E-state index in [2.05, 4.69) is 15.2 Å². The molecule has 2 heterocycles. The largest absolute Gasteiger partial charge is 0.352 e. The lowest BCUT2D eigenvalue weighted by molar-refractivity contribution is -0.122. The molecule has 2 aliphatic rings. The number of aryl methyl sites for hydroxylation is 1. The summed E-state index contributed by atoms with van der Waals surface area (Å²) in [6, 6.07) is 4.31. The van der Waals surface area contributed by atoms with Crippen LogP contribution >= 0.6 is 0 Å². The van der Waals surface area contributed by atoms with Gasteiger partial charge in [-0.1, -0.05) is 19.3 Å². The second kappa shape index (κ2) is 9.16. The van der Waals surface area contributed by atoms with Gasteiger partial charge in [0.25, 0.3) is 0 Å². The van der Waals surface area contributed by atoms with Crippen molar-refractivity contribution >= 4 is 5.91 Å². The fourth-order valence-electron chi connectivity index (χ4n) is 4.18. The van der Waals surface area contributed by atoms with Gasteiger partial charge in [-0.05, 0) is 62.3 Å². The van der Waals surface area contributed by atoms with Crippen LogP contribution in [0.15, 0.2) is 24.5 Å². The fraction of sp³-hybridized carbons (Fsp3) is 0.700. The normalized spacial score (nSPS) is 23.1. The number of rotatable bonds is 6. The van der Waals surface area contributed by atoms with Gasteiger partial charge in [-0.3, -0.25) is 9.78 Å². The van der Waals surface area contributed by atoms with E-state index in [4.69, 9.17) is 0 Å². The summed E-state index contributed by atoms with van der Waals surface area (Å²) in [6.07, 6.45) is 14.3. The fourth-order valence-corrected chi connectivity index (χ4v) is 4.18. The first-order chi connectivity index (χ1) is 11.8.